The second-order valence-electron chi connectivity index (χ2n) is 1.47. The van der Waals surface area contributed by atoms with E-state index in [4.69, 9.17) is 4.74 Å². The number of allylic oxidation sites excluding steroid dienone is 2. The van der Waals surface area contributed by atoms with E-state index >= 15 is 0 Å². The van der Waals surface area contributed by atoms with Crippen LogP contribution in [0, 0.1) is 0 Å². The van der Waals surface area contributed by atoms with Crippen molar-refractivity contribution >= 4 is 6.29 Å². The van der Waals surface area contributed by atoms with Crippen molar-refractivity contribution in [1.82, 2.24) is 0 Å². The smallest absolute Gasteiger partial charge is 0.153 e. The maximum absolute atomic E-state index is 9.96. The Balaban J connectivity index is 2.64. The highest BCUT2D eigenvalue weighted by Crippen LogP contribution is 1.98. The number of rotatable bonds is 1. The van der Waals surface area contributed by atoms with Crippen LogP contribution in [-0.2, 0) is 9.53 Å². The predicted molar refractivity (Wildman–Crippen MR) is 29.2 cm³/mol. The third kappa shape index (κ3) is 0.964. The number of ether oxygens (including phenoxy) is 1. The molecule has 0 unspecified atom stereocenters. The van der Waals surface area contributed by atoms with Crippen LogP contribution in [0.1, 0.15) is 0 Å². The zero-order valence-corrected chi connectivity index (χ0v) is 4.33. The molecule has 2 nitrogen and oxygen atoms in total. The van der Waals surface area contributed by atoms with Crippen molar-refractivity contribution in [1.29, 1.82) is 0 Å². The number of aldehydes is 1. The van der Waals surface area contributed by atoms with Crippen LogP contribution in [0.4, 0.5) is 0 Å². The van der Waals surface area contributed by atoms with Gasteiger partial charge in [-0.3, -0.25) is 4.79 Å². The van der Waals surface area contributed by atoms with Crippen molar-refractivity contribution in [3.8, 4) is 0 Å². The lowest BCUT2D eigenvalue weighted by Gasteiger charge is -1.99. The van der Waals surface area contributed by atoms with Gasteiger partial charge in [-0.05, 0) is 12.2 Å². The molecule has 0 atom stereocenters. The fourth-order valence-electron chi connectivity index (χ4n) is 0.490. The maximum Gasteiger partial charge on any atom is 0.153 e. The van der Waals surface area contributed by atoms with Gasteiger partial charge in [-0.1, -0.05) is 0 Å². The highest BCUT2D eigenvalue weighted by atomic mass is 16.5. The predicted octanol–water partition coefficient (Wildman–Crippen LogP) is 0.656. The van der Waals surface area contributed by atoms with Gasteiger partial charge in [0.25, 0.3) is 0 Å². The van der Waals surface area contributed by atoms with Crippen LogP contribution in [-0.4, -0.2) is 12.9 Å². The standard InChI is InChI=1S/C6H6O2/c7-4-6-2-1-3-8-5-6/h1-2,4-5H,3H2. The number of hydrogen-bond donors (Lipinski definition) is 0. The minimum atomic E-state index is 0.581. The largest absolute Gasteiger partial charge is 0.496 e. The molecule has 0 bridgehead atoms. The molecule has 0 radical (unpaired) electrons. The van der Waals surface area contributed by atoms with E-state index in [-0.39, 0.29) is 0 Å². The molecule has 0 aromatic heterocycles. The summed E-state index contributed by atoms with van der Waals surface area (Å²) in [4.78, 5) is 9.96. The topological polar surface area (TPSA) is 26.3 Å². The molecule has 0 saturated carbocycles. The lowest BCUT2D eigenvalue weighted by atomic mass is 10.3. The fourth-order valence-corrected chi connectivity index (χ4v) is 0.490. The van der Waals surface area contributed by atoms with Gasteiger partial charge in [0.2, 0.25) is 0 Å². The summed E-state index contributed by atoms with van der Waals surface area (Å²) in [6, 6.07) is 0. The van der Waals surface area contributed by atoms with Crippen LogP contribution in [0.25, 0.3) is 0 Å². The van der Waals surface area contributed by atoms with E-state index in [1.807, 2.05) is 0 Å². The van der Waals surface area contributed by atoms with Gasteiger partial charge < -0.3 is 4.74 Å². The molecule has 0 amide bonds. The van der Waals surface area contributed by atoms with Gasteiger partial charge >= 0.3 is 0 Å². The maximum atomic E-state index is 9.96. The molecule has 0 spiro atoms. The summed E-state index contributed by atoms with van der Waals surface area (Å²) >= 11 is 0. The highest BCUT2D eigenvalue weighted by molar-refractivity contribution is 5.77. The molecule has 0 N–H and O–H groups in total. The minimum Gasteiger partial charge on any atom is -0.496 e. The Bertz CT molecular complexity index is 145. The van der Waals surface area contributed by atoms with Gasteiger partial charge in [-0.15, -0.1) is 0 Å². The molecule has 1 aliphatic heterocycles. The van der Waals surface area contributed by atoms with Gasteiger partial charge in [0.1, 0.15) is 6.61 Å². The summed E-state index contributed by atoms with van der Waals surface area (Å²) in [7, 11) is 0. The van der Waals surface area contributed by atoms with Crippen LogP contribution in [0.2, 0.25) is 0 Å². The fraction of sp³-hybridized carbons (Fsp3) is 0.167. The molecule has 1 heterocycles. The summed E-state index contributed by atoms with van der Waals surface area (Å²) in [5.74, 6) is 0. The molecule has 0 fully saturated rings. The van der Waals surface area contributed by atoms with Crippen LogP contribution >= 0.6 is 0 Å². The molecule has 2 heteroatoms. The summed E-state index contributed by atoms with van der Waals surface area (Å²) in [5.41, 5.74) is 0.594. The second kappa shape index (κ2) is 2.31. The molecule has 0 aromatic carbocycles. The normalized spacial score (nSPS) is 16.8. The summed E-state index contributed by atoms with van der Waals surface area (Å²) < 4.78 is 4.79. The molecule has 1 aliphatic rings. The van der Waals surface area contributed by atoms with E-state index in [1.165, 1.54) is 6.26 Å². The van der Waals surface area contributed by atoms with Crippen molar-refractivity contribution in [2.75, 3.05) is 6.61 Å². The molecule has 0 aliphatic carbocycles. The third-order valence-corrected chi connectivity index (χ3v) is 0.858. The molecule has 0 saturated heterocycles. The molecular formula is C6H6O2. The Labute approximate surface area is 47.5 Å². The zero-order chi connectivity index (χ0) is 5.82. The van der Waals surface area contributed by atoms with Crippen molar-refractivity contribution < 1.29 is 9.53 Å². The van der Waals surface area contributed by atoms with E-state index in [0.717, 1.165) is 6.29 Å². The Morgan fingerprint density at radius 2 is 2.62 bits per heavy atom. The average molecular weight is 110 g/mol. The summed E-state index contributed by atoms with van der Waals surface area (Å²) in [5, 5.41) is 0. The molecule has 42 valence electrons. The molecule has 0 aromatic rings. The number of carbonyl (C=O) groups is 1. The molecule has 1 rings (SSSR count). The number of carbonyl (C=O) groups excluding carboxylic acids is 1. The van der Waals surface area contributed by atoms with E-state index in [9.17, 15) is 4.79 Å². The van der Waals surface area contributed by atoms with E-state index in [1.54, 1.807) is 12.2 Å². The van der Waals surface area contributed by atoms with Crippen LogP contribution in [0.3, 0.4) is 0 Å². The summed E-state index contributed by atoms with van der Waals surface area (Å²) in [6.07, 6.45) is 5.74. The number of hydrogen-bond acceptors (Lipinski definition) is 2. The highest BCUT2D eigenvalue weighted by Gasteiger charge is 1.91. The van der Waals surface area contributed by atoms with E-state index < -0.39 is 0 Å². The SMILES string of the molecule is O=CC1=COCC=C1. The van der Waals surface area contributed by atoms with Crippen molar-refractivity contribution in [3.63, 3.8) is 0 Å². The average Bonchev–Trinajstić information content (AvgIpc) is 1.90. The third-order valence-electron chi connectivity index (χ3n) is 0.858. The molecular weight excluding hydrogens is 104 g/mol. The van der Waals surface area contributed by atoms with Gasteiger partial charge in [0, 0.05) is 5.57 Å². The van der Waals surface area contributed by atoms with Crippen LogP contribution in [0.5, 0.6) is 0 Å². The lowest BCUT2D eigenvalue weighted by molar-refractivity contribution is -0.104. The van der Waals surface area contributed by atoms with Crippen molar-refractivity contribution in [2.24, 2.45) is 0 Å². The van der Waals surface area contributed by atoms with Crippen molar-refractivity contribution in [3.05, 3.63) is 24.0 Å². The van der Waals surface area contributed by atoms with Crippen molar-refractivity contribution in [2.45, 2.75) is 0 Å². The minimum absolute atomic E-state index is 0.581. The first-order chi connectivity index (χ1) is 3.93. The Kier molecular flexibility index (Phi) is 1.47. The van der Waals surface area contributed by atoms with Gasteiger partial charge in [-0.25, -0.2) is 0 Å². The lowest BCUT2D eigenvalue weighted by Crippen LogP contribution is -1.91. The monoisotopic (exact) mass is 110 g/mol. The van der Waals surface area contributed by atoms with E-state index in [2.05, 4.69) is 0 Å². The Morgan fingerprint density at radius 3 is 3.00 bits per heavy atom. The quantitative estimate of drug-likeness (QED) is 0.463. The zero-order valence-electron chi connectivity index (χ0n) is 4.33. The van der Waals surface area contributed by atoms with Gasteiger partial charge in [0.15, 0.2) is 6.29 Å². The first-order valence-electron chi connectivity index (χ1n) is 2.37. The Hall–Kier alpha value is -1.05. The van der Waals surface area contributed by atoms with Gasteiger partial charge in [0.05, 0.1) is 6.26 Å². The van der Waals surface area contributed by atoms with E-state index in [0.29, 0.717) is 12.2 Å². The second-order valence-corrected chi connectivity index (χ2v) is 1.47. The van der Waals surface area contributed by atoms with Crippen LogP contribution < -0.4 is 0 Å². The first kappa shape index (κ1) is 5.09. The van der Waals surface area contributed by atoms with Gasteiger partial charge in [-0.2, -0.15) is 0 Å². The Morgan fingerprint density at radius 1 is 1.75 bits per heavy atom. The van der Waals surface area contributed by atoms with Crippen LogP contribution in [0.15, 0.2) is 24.0 Å². The summed E-state index contributed by atoms with van der Waals surface area (Å²) in [6.45, 7) is 0.581. The first-order valence-corrected chi connectivity index (χ1v) is 2.37. The molecule has 8 heavy (non-hydrogen) atoms.